The Kier molecular flexibility index (Phi) is 3.01. The van der Waals surface area contributed by atoms with E-state index < -0.39 is 0 Å². The lowest BCUT2D eigenvalue weighted by atomic mass is 10.2. The first-order valence-corrected chi connectivity index (χ1v) is 5.02. The summed E-state index contributed by atoms with van der Waals surface area (Å²) in [4.78, 5) is 0. The van der Waals surface area contributed by atoms with Crippen LogP contribution in [0.25, 0.3) is 0 Å². The summed E-state index contributed by atoms with van der Waals surface area (Å²) in [7, 11) is 0. The Labute approximate surface area is 102 Å². The number of rotatable bonds is 2. The lowest BCUT2D eigenvalue weighted by molar-refractivity contribution is 0.429. The first-order valence-electron chi connectivity index (χ1n) is 5.02. The van der Waals surface area contributed by atoms with E-state index in [1.165, 1.54) is 24.3 Å². The zero-order valence-corrected chi connectivity index (χ0v) is 9.15. The van der Waals surface area contributed by atoms with Crippen LogP contribution in [0.2, 0.25) is 0 Å². The van der Waals surface area contributed by atoms with Crippen molar-refractivity contribution in [3.8, 4) is 23.0 Å². The number of benzene rings is 2. The molecule has 2 aromatic carbocycles. The molecule has 0 saturated heterocycles. The van der Waals surface area contributed by atoms with E-state index in [0.29, 0.717) is 5.69 Å². The van der Waals surface area contributed by atoms with E-state index in [4.69, 9.17) is 10.2 Å². The van der Waals surface area contributed by atoms with Crippen molar-refractivity contribution in [2.24, 2.45) is 10.2 Å². The third-order valence-electron chi connectivity index (χ3n) is 2.17. The summed E-state index contributed by atoms with van der Waals surface area (Å²) in [5, 5.41) is 44.6. The molecule has 0 atom stereocenters. The molecule has 92 valence electrons. The quantitative estimate of drug-likeness (QED) is 0.611. The van der Waals surface area contributed by atoms with Crippen LogP contribution in [0.1, 0.15) is 0 Å². The van der Waals surface area contributed by atoms with E-state index in [9.17, 15) is 10.2 Å². The van der Waals surface area contributed by atoms with E-state index in [2.05, 4.69) is 10.2 Å². The van der Waals surface area contributed by atoms with E-state index in [1.54, 1.807) is 0 Å². The highest BCUT2D eigenvalue weighted by atomic mass is 16.3. The molecule has 4 N–H and O–H groups in total. The van der Waals surface area contributed by atoms with Gasteiger partial charge in [0.15, 0.2) is 17.2 Å². The largest absolute Gasteiger partial charge is 0.508 e. The predicted molar refractivity (Wildman–Crippen MR) is 63.7 cm³/mol. The number of nitrogens with zero attached hydrogens (tertiary/aromatic N) is 2. The second-order valence-corrected chi connectivity index (χ2v) is 3.55. The summed E-state index contributed by atoms with van der Waals surface area (Å²) in [6.07, 6.45) is 0. The molecular formula is C12H10N2O4. The van der Waals surface area contributed by atoms with Gasteiger partial charge in [-0.1, -0.05) is 0 Å². The van der Waals surface area contributed by atoms with Crippen molar-refractivity contribution in [2.45, 2.75) is 0 Å². The number of phenols is 4. The Morgan fingerprint density at radius 2 is 1.22 bits per heavy atom. The van der Waals surface area contributed by atoms with Gasteiger partial charge < -0.3 is 20.4 Å². The molecule has 0 aliphatic rings. The van der Waals surface area contributed by atoms with E-state index in [0.717, 1.165) is 12.1 Å². The fraction of sp³-hybridized carbons (Fsp3) is 0. The van der Waals surface area contributed by atoms with Crippen molar-refractivity contribution in [1.29, 1.82) is 0 Å². The Morgan fingerprint density at radius 1 is 0.667 bits per heavy atom. The first kappa shape index (κ1) is 11.7. The number of hydrogen-bond acceptors (Lipinski definition) is 6. The third kappa shape index (κ3) is 2.49. The number of azo groups is 1. The molecule has 6 heteroatoms. The standard InChI is InChI=1S/C12H10N2O4/c15-8-3-1-7(2-4-8)13-14-12-10(17)5-9(16)6-11(12)18/h1-6,15-18H. The number of aromatic hydroxyl groups is 4. The Hall–Kier alpha value is -2.76. The van der Waals surface area contributed by atoms with Crippen LogP contribution in [0, 0.1) is 0 Å². The van der Waals surface area contributed by atoms with Crippen molar-refractivity contribution in [3.05, 3.63) is 36.4 Å². The molecule has 0 bridgehead atoms. The molecule has 0 unspecified atom stereocenters. The minimum atomic E-state index is -0.380. The molecule has 2 aromatic rings. The second kappa shape index (κ2) is 4.62. The highest BCUT2D eigenvalue weighted by molar-refractivity contribution is 5.63. The summed E-state index contributed by atoms with van der Waals surface area (Å²) in [6, 6.07) is 8.01. The van der Waals surface area contributed by atoms with Gasteiger partial charge in [-0.2, -0.15) is 5.11 Å². The van der Waals surface area contributed by atoms with Crippen LogP contribution < -0.4 is 0 Å². The van der Waals surface area contributed by atoms with Gasteiger partial charge >= 0.3 is 0 Å². The van der Waals surface area contributed by atoms with Crippen LogP contribution in [0.4, 0.5) is 11.4 Å². The van der Waals surface area contributed by atoms with E-state index in [1.807, 2.05) is 0 Å². The van der Waals surface area contributed by atoms with Gasteiger partial charge in [-0.3, -0.25) is 0 Å². The predicted octanol–water partition coefficient (Wildman–Crippen LogP) is 2.92. The maximum Gasteiger partial charge on any atom is 0.169 e. The van der Waals surface area contributed by atoms with Crippen LogP contribution in [-0.2, 0) is 0 Å². The molecule has 0 heterocycles. The lowest BCUT2D eigenvalue weighted by Crippen LogP contribution is -1.72. The molecule has 0 amide bonds. The zero-order chi connectivity index (χ0) is 13.1. The van der Waals surface area contributed by atoms with Crippen molar-refractivity contribution in [3.63, 3.8) is 0 Å². The molecule has 0 aliphatic carbocycles. The van der Waals surface area contributed by atoms with Gasteiger partial charge in [0, 0.05) is 12.1 Å². The Balaban J connectivity index is 2.31. The Bertz CT molecular complexity index is 571. The van der Waals surface area contributed by atoms with Gasteiger partial charge in [-0.15, -0.1) is 5.11 Å². The van der Waals surface area contributed by atoms with Crippen molar-refractivity contribution < 1.29 is 20.4 Å². The van der Waals surface area contributed by atoms with Gasteiger partial charge in [-0.05, 0) is 24.3 Å². The molecule has 2 rings (SSSR count). The number of phenolic OH excluding ortho intramolecular Hbond substituents is 4. The van der Waals surface area contributed by atoms with Crippen LogP contribution in [-0.4, -0.2) is 20.4 Å². The highest BCUT2D eigenvalue weighted by Crippen LogP contribution is 2.40. The summed E-state index contributed by atoms with van der Waals surface area (Å²) in [5.41, 5.74) is 0.306. The second-order valence-electron chi connectivity index (χ2n) is 3.55. The van der Waals surface area contributed by atoms with Crippen LogP contribution >= 0.6 is 0 Å². The minimum absolute atomic E-state index is 0.101. The maximum atomic E-state index is 9.48. The summed E-state index contributed by atoms with van der Waals surface area (Å²) in [5.74, 6) is -0.928. The molecule has 6 nitrogen and oxygen atoms in total. The van der Waals surface area contributed by atoms with Gasteiger partial charge in [0.25, 0.3) is 0 Å². The fourth-order valence-electron chi connectivity index (χ4n) is 1.32. The Morgan fingerprint density at radius 3 is 1.78 bits per heavy atom. The lowest BCUT2D eigenvalue weighted by Gasteiger charge is -2.01. The molecule has 0 radical (unpaired) electrons. The topological polar surface area (TPSA) is 106 Å². The van der Waals surface area contributed by atoms with Gasteiger partial charge in [0.05, 0.1) is 5.69 Å². The summed E-state index contributed by atoms with van der Waals surface area (Å²) in [6.45, 7) is 0. The van der Waals surface area contributed by atoms with Crippen molar-refractivity contribution >= 4 is 11.4 Å². The molecule has 0 aliphatic heterocycles. The molecule has 18 heavy (non-hydrogen) atoms. The molecular weight excluding hydrogens is 236 g/mol. The average molecular weight is 246 g/mol. The average Bonchev–Trinajstić information content (AvgIpc) is 2.30. The first-order chi connectivity index (χ1) is 8.56. The molecule has 0 spiro atoms. The van der Waals surface area contributed by atoms with Crippen molar-refractivity contribution in [2.75, 3.05) is 0 Å². The van der Waals surface area contributed by atoms with Gasteiger partial charge in [-0.25, -0.2) is 0 Å². The smallest absolute Gasteiger partial charge is 0.169 e. The van der Waals surface area contributed by atoms with Gasteiger partial charge in [0.2, 0.25) is 0 Å². The molecule has 0 saturated carbocycles. The monoisotopic (exact) mass is 246 g/mol. The normalized spacial score (nSPS) is 10.9. The molecule has 0 fully saturated rings. The SMILES string of the molecule is Oc1ccc(N=Nc2c(O)cc(O)cc2O)cc1. The highest BCUT2D eigenvalue weighted by Gasteiger charge is 2.08. The van der Waals surface area contributed by atoms with Crippen molar-refractivity contribution in [1.82, 2.24) is 0 Å². The number of hydrogen-bond donors (Lipinski definition) is 4. The van der Waals surface area contributed by atoms with Crippen LogP contribution in [0.5, 0.6) is 23.0 Å². The summed E-state index contributed by atoms with van der Waals surface area (Å²) >= 11 is 0. The molecule has 0 aromatic heterocycles. The summed E-state index contributed by atoms with van der Waals surface area (Å²) < 4.78 is 0. The minimum Gasteiger partial charge on any atom is -0.508 e. The zero-order valence-electron chi connectivity index (χ0n) is 9.15. The van der Waals surface area contributed by atoms with E-state index in [-0.39, 0.29) is 28.7 Å². The maximum absolute atomic E-state index is 9.48. The fourth-order valence-corrected chi connectivity index (χ4v) is 1.32. The van der Waals surface area contributed by atoms with Crippen LogP contribution in [0.3, 0.4) is 0 Å². The van der Waals surface area contributed by atoms with Gasteiger partial charge in [0.1, 0.15) is 11.5 Å². The van der Waals surface area contributed by atoms with E-state index >= 15 is 0 Å². The van der Waals surface area contributed by atoms with Crippen LogP contribution in [0.15, 0.2) is 46.6 Å². The third-order valence-corrected chi connectivity index (χ3v) is 2.17.